The number of nitrogens with zero attached hydrogens (tertiary/aromatic N) is 1. The molecular weight excluding hydrogens is 278 g/mol. The highest BCUT2D eigenvalue weighted by Crippen LogP contribution is 2.18. The van der Waals surface area contributed by atoms with Crippen molar-refractivity contribution in [3.63, 3.8) is 0 Å². The number of aryl methyl sites for hydroxylation is 1. The SMILES string of the molecule is CSc1nc(=O)[nH]c(C)c1C(=O)NC(CO)CC(C)C. The van der Waals surface area contributed by atoms with Crippen LogP contribution in [0.4, 0.5) is 0 Å². The lowest BCUT2D eigenvalue weighted by molar-refractivity contribution is 0.0903. The van der Waals surface area contributed by atoms with Gasteiger partial charge in [-0.3, -0.25) is 4.79 Å². The fourth-order valence-electron chi connectivity index (χ4n) is 1.98. The van der Waals surface area contributed by atoms with Crippen molar-refractivity contribution in [3.8, 4) is 0 Å². The molecule has 0 saturated heterocycles. The molecule has 112 valence electrons. The molecule has 0 aliphatic rings. The number of aliphatic hydroxyl groups excluding tert-OH is 1. The zero-order valence-electron chi connectivity index (χ0n) is 12.2. The third kappa shape index (κ3) is 4.35. The van der Waals surface area contributed by atoms with Gasteiger partial charge >= 0.3 is 5.69 Å². The van der Waals surface area contributed by atoms with E-state index in [1.54, 1.807) is 13.2 Å². The second-order valence-electron chi connectivity index (χ2n) is 5.03. The topological polar surface area (TPSA) is 95.1 Å². The van der Waals surface area contributed by atoms with E-state index in [2.05, 4.69) is 15.3 Å². The first-order chi connectivity index (χ1) is 9.38. The average Bonchev–Trinajstić information content (AvgIpc) is 2.35. The van der Waals surface area contributed by atoms with E-state index in [1.807, 2.05) is 13.8 Å². The molecule has 7 heteroatoms. The van der Waals surface area contributed by atoms with Crippen LogP contribution >= 0.6 is 11.8 Å². The minimum Gasteiger partial charge on any atom is -0.394 e. The van der Waals surface area contributed by atoms with Gasteiger partial charge in [-0.2, -0.15) is 4.98 Å². The molecular formula is C13H21N3O3S. The van der Waals surface area contributed by atoms with Gasteiger partial charge in [0.15, 0.2) is 0 Å². The molecule has 3 N–H and O–H groups in total. The van der Waals surface area contributed by atoms with Gasteiger partial charge in [-0.15, -0.1) is 11.8 Å². The summed E-state index contributed by atoms with van der Waals surface area (Å²) in [4.78, 5) is 29.9. The monoisotopic (exact) mass is 299 g/mol. The van der Waals surface area contributed by atoms with Crippen LogP contribution in [0.25, 0.3) is 0 Å². The summed E-state index contributed by atoms with van der Waals surface area (Å²) in [5.74, 6) is 0.0394. The second-order valence-corrected chi connectivity index (χ2v) is 5.83. The maximum absolute atomic E-state index is 12.3. The van der Waals surface area contributed by atoms with Crippen LogP contribution in [-0.2, 0) is 0 Å². The van der Waals surface area contributed by atoms with Gasteiger partial charge < -0.3 is 15.4 Å². The van der Waals surface area contributed by atoms with Crippen molar-refractivity contribution in [1.82, 2.24) is 15.3 Å². The fourth-order valence-corrected chi connectivity index (χ4v) is 2.60. The Kier molecular flexibility index (Phi) is 6.22. The molecule has 0 bridgehead atoms. The molecule has 0 fully saturated rings. The van der Waals surface area contributed by atoms with Crippen molar-refractivity contribution in [1.29, 1.82) is 0 Å². The predicted molar refractivity (Wildman–Crippen MR) is 79.2 cm³/mol. The zero-order chi connectivity index (χ0) is 15.3. The molecule has 1 unspecified atom stereocenters. The molecule has 1 amide bonds. The summed E-state index contributed by atoms with van der Waals surface area (Å²) >= 11 is 1.25. The largest absolute Gasteiger partial charge is 0.394 e. The average molecular weight is 299 g/mol. The minimum absolute atomic E-state index is 0.117. The number of aliphatic hydroxyl groups is 1. The van der Waals surface area contributed by atoms with Crippen LogP contribution in [-0.4, -0.2) is 39.9 Å². The van der Waals surface area contributed by atoms with Crippen LogP contribution < -0.4 is 11.0 Å². The smallest absolute Gasteiger partial charge is 0.346 e. The first-order valence-electron chi connectivity index (χ1n) is 6.45. The Morgan fingerprint density at radius 1 is 1.50 bits per heavy atom. The van der Waals surface area contributed by atoms with Crippen LogP contribution in [0.1, 0.15) is 36.3 Å². The second kappa shape index (κ2) is 7.44. The Labute approximate surface area is 122 Å². The normalized spacial score (nSPS) is 12.5. The fraction of sp³-hybridized carbons (Fsp3) is 0.615. The van der Waals surface area contributed by atoms with E-state index in [0.717, 1.165) is 0 Å². The third-order valence-electron chi connectivity index (χ3n) is 2.82. The maximum atomic E-state index is 12.3. The molecule has 1 heterocycles. The summed E-state index contributed by atoms with van der Waals surface area (Å²) in [5, 5.41) is 12.5. The van der Waals surface area contributed by atoms with Crippen LogP contribution in [0, 0.1) is 12.8 Å². The van der Waals surface area contributed by atoms with E-state index < -0.39 is 5.69 Å². The van der Waals surface area contributed by atoms with Gasteiger partial charge in [0, 0.05) is 5.69 Å². The number of nitrogens with one attached hydrogen (secondary N) is 2. The maximum Gasteiger partial charge on any atom is 0.346 e. The first kappa shape index (κ1) is 16.7. The minimum atomic E-state index is -0.468. The molecule has 0 aliphatic carbocycles. The van der Waals surface area contributed by atoms with E-state index in [-0.39, 0.29) is 18.6 Å². The van der Waals surface area contributed by atoms with Crippen LogP contribution in [0.5, 0.6) is 0 Å². The molecule has 0 radical (unpaired) electrons. The van der Waals surface area contributed by atoms with Crippen molar-refractivity contribution < 1.29 is 9.90 Å². The number of aromatic amines is 1. The quantitative estimate of drug-likeness (QED) is 0.537. The lowest BCUT2D eigenvalue weighted by atomic mass is 10.0. The molecule has 1 aromatic rings. The van der Waals surface area contributed by atoms with Crippen LogP contribution in [0.15, 0.2) is 9.82 Å². The number of H-pyrrole nitrogens is 1. The van der Waals surface area contributed by atoms with E-state index in [4.69, 9.17) is 0 Å². The van der Waals surface area contributed by atoms with Gasteiger partial charge in [0.1, 0.15) is 5.03 Å². The highest BCUT2D eigenvalue weighted by molar-refractivity contribution is 7.98. The van der Waals surface area contributed by atoms with Gasteiger partial charge in [-0.1, -0.05) is 13.8 Å². The molecule has 0 saturated carbocycles. The Morgan fingerprint density at radius 2 is 2.15 bits per heavy atom. The number of hydrogen-bond acceptors (Lipinski definition) is 5. The number of carbonyl (C=O) groups excluding carboxylic acids is 1. The van der Waals surface area contributed by atoms with Crippen molar-refractivity contribution in [2.45, 2.75) is 38.3 Å². The number of hydrogen-bond donors (Lipinski definition) is 3. The van der Waals surface area contributed by atoms with Gasteiger partial charge in [-0.25, -0.2) is 4.79 Å². The summed E-state index contributed by atoms with van der Waals surface area (Å²) in [7, 11) is 0. The van der Waals surface area contributed by atoms with Crippen molar-refractivity contribution >= 4 is 17.7 Å². The number of carbonyl (C=O) groups is 1. The highest BCUT2D eigenvalue weighted by atomic mass is 32.2. The number of amides is 1. The Morgan fingerprint density at radius 3 is 2.65 bits per heavy atom. The van der Waals surface area contributed by atoms with Crippen molar-refractivity contribution in [2.24, 2.45) is 5.92 Å². The summed E-state index contributed by atoms with van der Waals surface area (Å²) in [5.41, 5.74) is 0.372. The summed E-state index contributed by atoms with van der Waals surface area (Å²) < 4.78 is 0. The third-order valence-corrected chi connectivity index (χ3v) is 3.50. The van der Waals surface area contributed by atoms with Crippen molar-refractivity contribution in [3.05, 3.63) is 21.7 Å². The highest BCUT2D eigenvalue weighted by Gasteiger charge is 2.20. The van der Waals surface area contributed by atoms with Crippen molar-refractivity contribution in [2.75, 3.05) is 12.9 Å². The zero-order valence-corrected chi connectivity index (χ0v) is 13.0. The molecule has 0 aliphatic heterocycles. The van der Waals surface area contributed by atoms with Crippen LogP contribution in [0.2, 0.25) is 0 Å². The number of thioether (sulfide) groups is 1. The predicted octanol–water partition coefficient (Wildman–Crippen LogP) is 0.937. The number of aromatic nitrogens is 2. The van der Waals surface area contributed by atoms with Gasteiger partial charge in [0.25, 0.3) is 5.91 Å². The molecule has 1 aromatic heterocycles. The van der Waals surface area contributed by atoms with Gasteiger partial charge in [0.2, 0.25) is 0 Å². The standard InChI is InChI=1S/C13H21N3O3S/c1-7(2)5-9(6-17)15-11(18)10-8(3)14-13(19)16-12(10)20-4/h7,9,17H,5-6H2,1-4H3,(H,15,18)(H,14,16,19). The molecule has 1 rings (SSSR count). The Bertz CT molecular complexity index is 528. The van der Waals surface area contributed by atoms with E-state index in [0.29, 0.717) is 28.6 Å². The van der Waals surface area contributed by atoms with Crippen LogP contribution in [0.3, 0.4) is 0 Å². The summed E-state index contributed by atoms with van der Waals surface area (Å²) in [6, 6.07) is -0.302. The molecule has 1 atom stereocenters. The van der Waals surface area contributed by atoms with E-state index in [1.165, 1.54) is 11.8 Å². The van der Waals surface area contributed by atoms with E-state index >= 15 is 0 Å². The first-order valence-corrected chi connectivity index (χ1v) is 7.68. The van der Waals surface area contributed by atoms with Gasteiger partial charge in [-0.05, 0) is 25.5 Å². The molecule has 6 nitrogen and oxygen atoms in total. The summed E-state index contributed by atoms with van der Waals surface area (Å²) in [6.45, 7) is 5.59. The molecule has 0 aromatic carbocycles. The lowest BCUT2D eigenvalue weighted by Gasteiger charge is -2.19. The van der Waals surface area contributed by atoms with E-state index in [9.17, 15) is 14.7 Å². The Hall–Kier alpha value is -1.34. The molecule has 0 spiro atoms. The lowest BCUT2D eigenvalue weighted by Crippen LogP contribution is -2.39. The molecule has 20 heavy (non-hydrogen) atoms. The number of rotatable bonds is 6. The summed E-state index contributed by atoms with van der Waals surface area (Å²) in [6.07, 6.45) is 2.45. The van der Waals surface area contributed by atoms with Gasteiger partial charge in [0.05, 0.1) is 18.2 Å². The Balaban J connectivity index is 3.00.